The predicted octanol–water partition coefficient (Wildman–Crippen LogP) is 0.437. The Labute approximate surface area is 112 Å². The first kappa shape index (κ1) is 13.5. The molecule has 0 aliphatic rings. The number of hydrogen-bond donors (Lipinski definition) is 2. The number of rotatable bonds is 7. The molecule has 19 heavy (non-hydrogen) atoms. The molecule has 2 heterocycles. The number of hydrogen-bond acceptors (Lipinski definition) is 5. The molecule has 2 N–H and O–H groups in total. The van der Waals surface area contributed by atoms with Gasteiger partial charge in [0.1, 0.15) is 0 Å². The van der Waals surface area contributed by atoms with Gasteiger partial charge in [0.05, 0.1) is 19.8 Å². The molecular formula is C13H18N4O2. The van der Waals surface area contributed by atoms with Gasteiger partial charge < -0.3 is 15.2 Å². The van der Waals surface area contributed by atoms with Gasteiger partial charge in [0, 0.05) is 37.7 Å². The molecule has 102 valence electrons. The van der Waals surface area contributed by atoms with Gasteiger partial charge in [-0.1, -0.05) is 6.07 Å². The molecule has 0 saturated carbocycles. The van der Waals surface area contributed by atoms with Crippen LogP contribution in [0.4, 0.5) is 0 Å². The molecule has 2 aromatic heterocycles. The standard InChI is InChI=1S/C13H18N4O2/c1-19-13-4-3-11(8-15-13)7-14-9-12(18)10-17-6-2-5-16-17/h2-6,8,12,14,18H,7,9-10H2,1H3. The fourth-order valence-corrected chi connectivity index (χ4v) is 1.71. The fraction of sp³-hybridized carbons (Fsp3) is 0.385. The van der Waals surface area contributed by atoms with E-state index in [0.717, 1.165) is 5.56 Å². The third-order valence-electron chi connectivity index (χ3n) is 2.67. The number of aliphatic hydroxyl groups excluding tert-OH is 1. The molecule has 0 fully saturated rings. The van der Waals surface area contributed by atoms with Crippen LogP contribution in [-0.4, -0.2) is 39.6 Å². The molecule has 2 rings (SSSR count). The van der Waals surface area contributed by atoms with E-state index in [4.69, 9.17) is 4.74 Å². The lowest BCUT2D eigenvalue weighted by Crippen LogP contribution is -2.30. The van der Waals surface area contributed by atoms with Crippen LogP contribution < -0.4 is 10.1 Å². The van der Waals surface area contributed by atoms with Gasteiger partial charge in [-0.05, 0) is 11.6 Å². The molecular weight excluding hydrogens is 244 g/mol. The van der Waals surface area contributed by atoms with Crippen molar-refractivity contribution in [1.29, 1.82) is 0 Å². The molecule has 2 aromatic rings. The molecule has 0 saturated heterocycles. The normalized spacial score (nSPS) is 12.3. The van der Waals surface area contributed by atoms with Gasteiger partial charge in [-0.3, -0.25) is 4.68 Å². The maximum absolute atomic E-state index is 9.82. The summed E-state index contributed by atoms with van der Waals surface area (Å²) in [5, 5.41) is 17.0. The molecule has 6 heteroatoms. The van der Waals surface area contributed by atoms with Crippen LogP contribution in [0.15, 0.2) is 36.8 Å². The Morgan fingerprint density at radius 3 is 3.00 bits per heavy atom. The highest BCUT2D eigenvalue weighted by Gasteiger charge is 2.05. The summed E-state index contributed by atoms with van der Waals surface area (Å²) in [7, 11) is 1.59. The van der Waals surface area contributed by atoms with Gasteiger partial charge in [-0.25, -0.2) is 4.98 Å². The zero-order chi connectivity index (χ0) is 13.5. The highest BCUT2D eigenvalue weighted by Crippen LogP contribution is 2.06. The summed E-state index contributed by atoms with van der Waals surface area (Å²) in [6.45, 7) is 1.65. The van der Waals surface area contributed by atoms with E-state index in [1.165, 1.54) is 0 Å². The molecule has 1 unspecified atom stereocenters. The molecule has 0 bridgehead atoms. The minimum atomic E-state index is -0.467. The van der Waals surface area contributed by atoms with Crippen LogP contribution in [0.25, 0.3) is 0 Å². The third kappa shape index (κ3) is 4.35. The van der Waals surface area contributed by atoms with E-state index in [1.54, 1.807) is 24.2 Å². The lowest BCUT2D eigenvalue weighted by atomic mass is 10.2. The van der Waals surface area contributed by atoms with Gasteiger partial charge in [0.25, 0.3) is 0 Å². The fourth-order valence-electron chi connectivity index (χ4n) is 1.71. The van der Waals surface area contributed by atoms with Crippen molar-refractivity contribution < 1.29 is 9.84 Å². The van der Waals surface area contributed by atoms with Crippen molar-refractivity contribution >= 4 is 0 Å². The minimum absolute atomic E-state index is 0.467. The van der Waals surface area contributed by atoms with Gasteiger partial charge >= 0.3 is 0 Å². The van der Waals surface area contributed by atoms with Crippen LogP contribution in [0.2, 0.25) is 0 Å². The van der Waals surface area contributed by atoms with E-state index < -0.39 is 6.10 Å². The average Bonchev–Trinajstić information content (AvgIpc) is 2.92. The van der Waals surface area contributed by atoms with Crippen molar-refractivity contribution in [2.24, 2.45) is 0 Å². The van der Waals surface area contributed by atoms with Crippen LogP contribution in [0, 0.1) is 0 Å². The Balaban J connectivity index is 1.70. The first-order valence-corrected chi connectivity index (χ1v) is 6.13. The van der Waals surface area contributed by atoms with Crippen molar-refractivity contribution in [3.05, 3.63) is 42.4 Å². The highest BCUT2D eigenvalue weighted by atomic mass is 16.5. The van der Waals surface area contributed by atoms with Gasteiger partial charge in [-0.2, -0.15) is 5.10 Å². The van der Waals surface area contributed by atoms with E-state index in [9.17, 15) is 5.11 Å². The topological polar surface area (TPSA) is 72.2 Å². The lowest BCUT2D eigenvalue weighted by Gasteiger charge is -2.12. The molecule has 0 aliphatic carbocycles. The Morgan fingerprint density at radius 2 is 2.37 bits per heavy atom. The van der Waals surface area contributed by atoms with Gasteiger partial charge in [0.15, 0.2) is 0 Å². The number of nitrogens with zero attached hydrogens (tertiary/aromatic N) is 3. The van der Waals surface area contributed by atoms with Crippen LogP contribution in [-0.2, 0) is 13.1 Å². The second kappa shape index (κ2) is 6.86. The number of pyridine rings is 1. The summed E-state index contributed by atoms with van der Waals surface area (Å²) in [6, 6.07) is 5.60. The molecule has 0 spiro atoms. The van der Waals surface area contributed by atoms with E-state index >= 15 is 0 Å². The first-order valence-electron chi connectivity index (χ1n) is 6.13. The number of methoxy groups -OCH3 is 1. The van der Waals surface area contributed by atoms with Gasteiger partial charge in [-0.15, -0.1) is 0 Å². The number of aliphatic hydroxyl groups is 1. The zero-order valence-electron chi connectivity index (χ0n) is 10.9. The SMILES string of the molecule is COc1ccc(CNCC(O)Cn2cccn2)cn1. The van der Waals surface area contributed by atoms with Crippen molar-refractivity contribution in [2.75, 3.05) is 13.7 Å². The van der Waals surface area contributed by atoms with E-state index in [2.05, 4.69) is 15.4 Å². The lowest BCUT2D eigenvalue weighted by molar-refractivity contribution is 0.146. The summed E-state index contributed by atoms with van der Waals surface area (Å²) >= 11 is 0. The van der Waals surface area contributed by atoms with Crippen LogP contribution in [0.1, 0.15) is 5.56 Å². The van der Waals surface area contributed by atoms with Crippen molar-refractivity contribution in [2.45, 2.75) is 19.2 Å². The van der Waals surface area contributed by atoms with Crippen molar-refractivity contribution in [1.82, 2.24) is 20.1 Å². The Bertz CT molecular complexity index is 470. The monoisotopic (exact) mass is 262 g/mol. The number of aromatic nitrogens is 3. The van der Waals surface area contributed by atoms with E-state index in [1.807, 2.05) is 24.4 Å². The molecule has 0 radical (unpaired) electrons. The summed E-state index contributed by atoms with van der Waals surface area (Å²) in [5.41, 5.74) is 1.05. The van der Waals surface area contributed by atoms with Crippen LogP contribution >= 0.6 is 0 Å². The number of ether oxygens (including phenoxy) is 1. The maximum Gasteiger partial charge on any atom is 0.212 e. The second-order valence-electron chi connectivity index (χ2n) is 4.22. The van der Waals surface area contributed by atoms with Crippen molar-refractivity contribution in [3.8, 4) is 5.88 Å². The van der Waals surface area contributed by atoms with Crippen LogP contribution in [0.3, 0.4) is 0 Å². The molecule has 0 amide bonds. The highest BCUT2D eigenvalue weighted by molar-refractivity contribution is 5.17. The second-order valence-corrected chi connectivity index (χ2v) is 4.22. The molecule has 6 nitrogen and oxygen atoms in total. The summed E-state index contributed by atoms with van der Waals surface area (Å²) < 4.78 is 6.70. The first-order chi connectivity index (χ1) is 9.28. The minimum Gasteiger partial charge on any atom is -0.481 e. The maximum atomic E-state index is 9.82. The van der Waals surface area contributed by atoms with Gasteiger partial charge in [0.2, 0.25) is 5.88 Å². The van der Waals surface area contributed by atoms with E-state index in [-0.39, 0.29) is 0 Å². The molecule has 0 aliphatic heterocycles. The van der Waals surface area contributed by atoms with Crippen molar-refractivity contribution in [3.63, 3.8) is 0 Å². The quantitative estimate of drug-likeness (QED) is 0.757. The average molecular weight is 262 g/mol. The molecule has 0 aromatic carbocycles. The Hall–Kier alpha value is -1.92. The summed E-state index contributed by atoms with van der Waals surface area (Å²) in [5.74, 6) is 0.600. The largest absolute Gasteiger partial charge is 0.481 e. The van der Waals surface area contributed by atoms with E-state index in [0.29, 0.717) is 25.5 Å². The molecule has 1 atom stereocenters. The number of nitrogens with one attached hydrogen (secondary N) is 1. The van der Waals surface area contributed by atoms with Crippen LogP contribution in [0.5, 0.6) is 5.88 Å². The summed E-state index contributed by atoms with van der Waals surface area (Å²) in [4.78, 5) is 4.12. The zero-order valence-corrected chi connectivity index (χ0v) is 10.9. The Morgan fingerprint density at radius 1 is 1.47 bits per heavy atom. The third-order valence-corrected chi connectivity index (χ3v) is 2.67. The smallest absolute Gasteiger partial charge is 0.212 e. The summed E-state index contributed by atoms with van der Waals surface area (Å²) in [6.07, 6.45) is 4.82. The predicted molar refractivity (Wildman–Crippen MR) is 70.7 cm³/mol. The Kier molecular flexibility index (Phi) is 4.88.